The lowest BCUT2D eigenvalue weighted by atomic mass is 10.2. The van der Waals surface area contributed by atoms with E-state index in [1.54, 1.807) is 19.2 Å². The molecular weight excluding hydrogens is 373 g/mol. The van der Waals surface area contributed by atoms with Gasteiger partial charge in [-0.05, 0) is 29.8 Å². The van der Waals surface area contributed by atoms with Crippen LogP contribution >= 0.6 is 0 Å². The molecule has 28 heavy (non-hydrogen) atoms. The van der Waals surface area contributed by atoms with E-state index in [0.717, 1.165) is 11.3 Å². The molecule has 0 aliphatic heterocycles. The highest BCUT2D eigenvalue weighted by molar-refractivity contribution is 5.79. The molecule has 2 aromatic rings. The van der Waals surface area contributed by atoms with Crippen molar-refractivity contribution in [1.82, 2.24) is 14.8 Å². The maximum absolute atomic E-state index is 12.3. The highest BCUT2D eigenvalue weighted by Crippen LogP contribution is 2.29. The highest BCUT2D eigenvalue weighted by Gasteiger charge is 2.29. The molecule has 2 rings (SSSR count). The Balaban J connectivity index is 1.99. The summed E-state index contributed by atoms with van der Waals surface area (Å²) in [4.78, 5) is 6.25. The van der Waals surface area contributed by atoms with Crippen molar-refractivity contribution < 1.29 is 22.6 Å². The maximum Gasteiger partial charge on any atom is 0.422 e. The quantitative estimate of drug-likeness (QED) is 0.575. The molecule has 6 nitrogen and oxygen atoms in total. The van der Waals surface area contributed by atoms with Gasteiger partial charge in [-0.3, -0.25) is 4.99 Å². The SMILES string of the molecule is CN=C(NCc1ccc(OCC(F)(F)F)c(OC)c1)N(C)Cc1cccn1C. The van der Waals surface area contributed by atoms with Crippen molar-refractivity contribution in [2.45, 2.75) is 19.3 Å². The monoisotopic (exact) mass is 398 g/mol. The number of aryl methyl sites for hydroxylation is 1. The summed E-state index contributed by atoms with van der Waals surface area (Å²) < 4.78 is 49.0. The van der Waals surface area contributed by atoms with E-state index in [0.29, 0.717) is 19.0 Å². The summed E-state index contributed by atoms with van der Waals surface area (Å²) in [6.07, 6.45) is -2.42. The summed E-state index contributed by atoms with van der Waals surface area (Å²) in [6.45, 7) is -0.256. The number of hydrogen-bond donors (Lipinski definition) is 1. The van der Waals surface area contributed by atoms with E-state index in [4.69, 9.17) is 9.47 Å². The van der Waals surface area contributed by atoms with Gasteiger partial charge in [-0.2, -0.15) is 13.2 Å². The Hall–Kier alpha value is -2.84. The fourth-order valence-corrected chi connectivity index (χ4v) is 2.65. The summed E-state index contributed by atoms with van der Waals surface area (Å²) in [6, 6.07) is 8.81. The maximum atomic E-state index is 12.3. The average molecular weight is 398 g/mol. The van der Waals surface area contributed by atoms with Crippen LogP contribution in [0.25, 0.3) is 0 Å². The summed E-state index contributed by atoms with van der Waals surface area (Å²) in [5, 5.41) is 3.23. The Morgan fingerprint density at radius 1 is 1.25 bits per heavy atom. The standard InChI is InChI=1S/C19H25F3N4O2/c1-23-18(26(3)12-15-6-5-9-25(15)2)24-11-14-7-8-16(17(10-14)27-4)28-13-19(20,21)22/h5-10H,11-13H2,1-4H3,(H,23,24). The van der Waals surface area contributed by atoms with Gasteiger partial charge < -0.3 is 24.3 Å². The van der Waals surface area contributed by atoms with E-state index in [9.17, 15) is 13.2 Å². The van der Waals surface area contributed by atoms with Gasteiger partial charge >= 0.3 is 6.18 Å². The van der Waals surface area contributed by atoms with E-state index >= 15 is 0 Å². The summed E-state index contributed by atoms with van der Waals surface area (Å²) >= 11 is 0. The van der Waals surface area contributed by atoms with Gasteiger partial charge in [0.1, 0.15) is 0 Å². The second-order valence-electron chi connectivity index (χ2n) is 6.26. The topological polar surface area (TPSA) is 51.0 Å². The molecule has 0 radical (unpaired) electrons. The number of aromatic nitrogens is 1. The minimum atomic E-state index is -4.40. The van der Waals surface area contributed by atoms with Crippen molar-refractivity contribution in [3.63, 3.8) is 0 Å². The van der Waals surface area contributed by atoms with Crippen LogP contribution in [0, 0.1) is 0 Å². The van der Waals surface area contributed by atoms with Crippen LogP contribution in [-0.2, 0) is 20.1 Å². The molecule has 1 aromatic heterocycles. The van der Waals surface area contributed by atoms with Crippen LogP contribution in [0.4, 0.5) is 13.2 Å². The Bertz CT molecular complexity index is 803. The Morgan fingerprint density at radius 2 is 2.00 bits per heavy atom. The van der Waals surface area contributed by atoms with Gasteiger partial charge in [0, 0.05) is 39.6 Å². The van der Waals surface area contributed by atoms with Crippen LogP contribution in [0.3, 0.4) is 0 Å². The molecule has 0 amide bonds. The van der Waals surface area contributed by atoms with Crippen molar-refractivity contribution in [2.24, 2.45) is 12.0 Å². The molecule has 0 fully saturated rings. The number of alkyl halides is 3. The zero-order valence-corrected chi connectivity index (χ0v) is 16.4. The molecule has 0 unspecified atom stereocenters. The first-order chi connectivity index (χ1) is 13.2. The second-order valence-corrected chi connectivity index (χ2v) is 6.26. The number of aliphatic imine (C=N–C) groups is 1. The molecule has 1 heterocycles. The van der Waals surface area contributed by atoms with Crippen LogP contribution in [0.5, 0.6) is 11.5 Å². The molecule has 9 heteroatoms. The Labute approximate surface area is 162 Å². The molecule has 0 saturated heterocycles. The Kier molecular flexibility index (Phi) is 7.19. The van der Waals surface area contributed by atoms with Gasteiger partial charge in [0.2, 0.25) is 0 Å². The van der Waals surface area contributed by atoms with E-state index in [1.165, 1.54) is 13.2 Å². The predicted octanol–water partition coefficient (Wildman–Crippen LogP) is 3.18. The van der Waals surface area contributed by atoms with Gasteiger partial charge in [0.05, 0.1) is 13.7 Å². The van der Waals surface area contributed by atoms with Gasteiger partial charge in [0.15, 0.2) is 24.1 Å². The van der Waals surface area contributed by atoms with Crippen molar-refractivity contribution in [3.05, 3.63) is 47.8 Å². The number of hydrogen-bond acceptors (Lipinski definition) is 3. The molecule has 1 aromatic carbocycles. The Morgan fingerprint density at radius 3 is 2.57 bits per heavy atom. The molecule has 0 bridgehead atoms. The number of rotatable bonds is 7. The highest BCUT2D eigenvalue weighted by atomic mass is 19.4. The van der Waals surface area contributed by atoms with E-state index < -0.39 is 12.8 Å². The number of guanidine groups is 1. The third-order valence-electron chi connectivity index (χ3n) is 4.09. The van der Waals surface area contributed by atoms with Crippen LogP contribution in [0.1, 0.15) is 11.3 Å². The third kappa shape index (κ3) is 6.11. The first-order valence-corrected chi connectivity index (χ1v) is 8.62. The van der Waals surface area contributed by atoms with Crippen molar-refractivity contribution in [2.75, 3.05) is 27.8 Å². The lowest BCUT2D eigenvalue weighted by molar-refractivity contribution is -0.153. The fraction of sp³-hybridized carbons (Fsp3) is 0.421. The normalized spacial score (nSPS) is 12.0. The van der Waals surface area contributed by atoms with E-state index in [2.05, 4.69) is 10.3 Å². The zero-order valence-electron chi connectivity index (χ0n) is 16.4. The van der Waals surface area contributed by atoms with Crippen molar-refractivity contribution >= 4 is 5.96 Å². The van der Waals surface area contributed by atoms with Gasteiger partial charge in [0.25, 0.3) is 0 Å². The lowest BCUT2D eigenvalue weighted by Crippen LogP contribution is -2.38. The van der Waals surface area contributed by atoms with Gasteiger partial charge in [-0.1, -0.05) is 6.07 Å². The summed E-state index contributed by atoms with van der Waals surface area (Å²) in [5.74, 6) is 0.988. The molecule has 0 saturated carbocycles. The molecule has 0 atom stereocenters. The summed E-state index contributed by atoms with van der Waals surface area (Å²) in [7, 11) is 6.99. The first kappa shape index (κ1) is 21.5. The largest absolute Gasteiger partial charge is 0.493 e. The minimum Gasteiger partial charge on any atom is -0.493 e. The number of halogens is 3. The van der Waals surface area contributed by atoms with E-state index in [1.807, 2.05) is 41.9 Å². The van der Waals surface area contributed by atoms with Crippen LogP contribution in [0.15, 0.2) is 41.5 Å². The number of nitrogens with one attached hydrogen (secondary N) is 1. The number of ether oxygens (including phenoxy) is 2. The smallest absolute Gasteiger partial charge is 0.422 e. The minimum absolute atomic E-state index is 0.0498. The van der Waals surface area contributed by atoms with Gasteiger partial charge in [-0.15, -0.1) is 0 Å². The molecular formula is C19H25F3N4O2. The van der Waals surface area contributed by atoms with Crippen molar-refractivity contribution in [3.8, 4) is 11.5 Å². The molecule has 0 spiro atoms. The lowest BCUT2D eigenvalue weighted by Gasteiger charge is -2.22. The molecule has 0 aliphatic carbocycles. The average Bonchev–Trinajstić information content (AvgIpc) is 3.04. The van der Waals surface area contributed by atoms with Gasteiger partial charge in [-0.25, -0.2) is 0 Å². The first-order valence-electron chi connectivity index (χ1n) is 8.62. The number of methoxy groups -OCH3 is 1. The van der Waals surface area contributed by atoms with E-state index in [-0.39, 0.29) is 11.5 Å². The molecule has 1 N–H and O–H groups in total. The third-order valence-corrected chi connectivity index (χ3v) is 4.09. The zero-order chi connectivity index (χ0) is 20.7. The van der Waals surface area contributed by atoms with Crippen molar-refractivity contribution in [1.29, 1.82) is 0 Å². The second kappa shape index (κ2) is 9.38. The number of nitrogens with zero attached hydrogens (tertiary/aromatic N) is 3. The van der Waals surface area contributed by atoms with Crippen LogP contribution < -0.4 is 14.8 Å². The predicted molar refractivity (Wildman–Crippen MR) is 102 cm³/mol. The molecule has 0 aliphatic rings. The van der Waals surface area contributed by atoms with Crippen LogP contribution in [-0.4, -0.2) is 49.4 Å². The molecule has 154 valence electrons. The number of benzene rings is 1. The fourth-order valence-electron chi connectivity index (χ4n) is 2.65. The van der Waals surface area contributed by atoms with Crippen LogP contribution in [0.2, 0.25) is 0 Å². The summed E-state index contributed by atoms with van der Waals surface area (Å²) in [5.41, 5.74) is 1.96.